The molecule has 1 amide bonds. The highest BCUT2D eigenvalue weighted by Crippen LogP contribution is 2.21. The van der Waals surface area contributed by atoms with Crippen molar-refractivity contribution >= 4 is 5.91 Å². The zero-order valence-corrected chi connectivity index (χ0v) is 11.9. The summed E-state index contributed by atoms with van der Waals surface area (Å²) in [7, 11) is 0. The van der Waals surface area contributed by atoms with Gasteiger partial charge in [-0.2, -0.15) is 0 Å². The second kappa shape index (κ2) is 5.61. The summed E-state index contributed by atoms with van der Waals surface area (Å²) in [5.74, 6) is 0.0113. The standard InChI is InChI=1S/C15H22N2O2/c1-11(2)16-6-8-17(9-7-16)15(19)13-5-4-12(3)10-14(13)18/h4-5,10-11,18H,6-9H2,1-3H3. The second-order valence-corrected chi connectivity index (χ2v) is 5.44. The molecule has 104 valence electrons. The molecule has 1 aliphatic rings. The fourth-order valence-corrected chi connectivity index (χ4v) is 2.43. The molecule has 0 radical (unpaired) electrons. The molecule has 4 heteroatoms. The number of nitrogens with zero attached hydrogens (tertiary/aromatic N) is 2. The van der Waals surface area contributed by atoms with E-state index in [1.807, 2.05) is 17.9 Å². The van der Waals surface area contributed by atoms with Crippen molar-refractivity contribution < 1.29 is 9.90 Å². The molecule has 1 aromatic rings. The highest BCUT2D eigenvalue weighted by molar-refractivity contribution is 5.97. The number of carbonyl (C=O) groups is 1. The van der Waals surface area contributed by atoms with Crippen molar-refractivity contribution in [3.8, 4) is 5.75 Å². The van der Waals surface area contributed by atoms with Crippen molar-refractivity contribution in [1.29, 1.82) is 0 Å². The van der Waals surface area contributed by atoms with Crippen molar-refractivity contribution in [1.82, 2.24) is 9.80 Å². The van der Waals surface area contributed by atoms with E-state index in [1.165, 1.54) is 0 Å². The van der Waals surface area contributed by atoms with Crippen LogP contribution in [0.4, 0.5) is 0 Å². The van der Waals surface area contributed by atoms with Gasteiger partial charge in [0.2, 0.25) is 0 Å². The van der Waals surface area contributed by atoms with E-state index in [-0.39, 0.29) is 11.7 Å². The number of piperazine rings is 1. The molecule has 0 aliphatic carbocycles. The number of carbonyl (C=O) groups excluding carboxylic acids is 1. The molecule has 1 heterocycles. The largest absolute Gasteiger partial charge is 0.507 e. The number of phenols is 1. The molecular formula is C15H22N2O2. The van der Waals surface area contributed by atoms with E-state index < -0.39 is 0 Å². The van der Waals surface area contributed by atoms with Gasteiger partial charge >= 0.3 is 0 Å². The van der Waals surface area contributed by atoms with Crippen LogP contribution in [-0.2, 0) is 0 Å². The maximum absolute atomic E-state index is 12.4. The molecule has 0 saturated carbocycles. The first kappa shape index (κ1) is 13.9. The summed E-state index contributed by atoms with van der Waals surface area (Å²) in [5.41, 5.74) is 1.36. The fourth-order valence-electron chi connectivity index (χ4n) is 2.43. The third-order valence-electron chi connectivity index (χ3n) is 3.72. The Kier molecular flexibility index (Phi) is 4.10. The molecule has 19 heavy (non-hydrogen) atoms. The van der Waals surface area contributed by atoms with Crippen LogP contribution in [0.15, 0.2) is 18.2 Å². The number of benzene rings is 1. The lowest BCUT2D eigenvalue weighted by Crippen LogP contribution is -2.50. The van der Waals surface area contributed by atoms with Gasteiger partial charge in [-0.15, -0.1) is 0 Å². The maximum Gasteiger partial charge on any atom is 0.257 e. The van der Waals surface area contributed by atoms with Crippen LogP contribution < -0.4 is 0 Å². The molecule has 1 aromatic carbocycles. The molecule has 1 aliphatic heterocycles. The van der Waals surface area contributed by atoms with Crippen molar-refractivity contribution in [3.63, 3.8) is 0 Å². The van der Waals surface area contributed by atoms with Gasteiger partial charge in [0.05, 0.1) is 5.56 Å². The van der Waals surface area contributed by atoms with E-state index in [0.717, 1.165) is 31.7 Å². The van der Waals surface area contributed by atoms with Gasteiger partial charge in [-0.25, -0.2) is 0 Å². The Hall–Kier alpha value is -1.55. The predicted octanol–water partition coefficient (Wildman–Crippen LogP) is 1.87. The smallest absolute Gasteiger partial charge is 0.257 e. The average molecular weight is 262 g/mol. The minimum Gasteiger partial charge on any atom is -0.507 e. The number of rotatable bonds is 2. The Morgan fingerprint density at radius 1 is 1.21 bits per heavy atom. The van der Waals surface area contributed by atoms with Gasteiger partial charge in [0.25, 0.3) is 5.91 Å². The first-order valence-corrected chi connectivity index (χ1v) is 6.82. The van der Waals surface area contributed by atoms with Gasteiger partial charge < -0.3 is 10.0 Å². The Balaban J connectivity index is 2.05. The van der Waals surface area contributed by atoms with Crippen molar-refractivity contribution in [3.05, 3.63) is 29.3 Å². The molecule has 4 nitrogen and oxygen atoms in total. The van der Waals surface area contributed by atoms with Crippen LogP contribution in [0.3, 0.4) is 0 Å². The maximum atomic E-state index is 12.4. The van der Waals surface area contributed by atoms with Gasteiger partial charge in [-0.1, -0.05) is 6.07 Å². The lowest BCUT2D eigenvalue weighted by atomic mass is 10.1. The fraction of sp³-hybridized carbons (Fsp3) is 0.533. The molecule has 0 spiro atoms. The van der Waals surface area contributed by atoms with Crippen LogP contribution >= 0.6 is 0 Å². The van der Waals surface area contributed by atoms with E-state index in [2.05, 4.69) is 18.7 Å². The van der Waals surface area contributed by atoms with Crippen LogP contribution in [0.5, 0.6) is 5.75 Å². The molecule has 0 aromatic heterocycles. The highest BCUT2D eigenvalue weighted by atomic mass is 16.3. The zero-order valence-electron chi connectivity index (χ0n) is 11.9. The number of aryl methyl sites for hydroxylation is 1. The van der Waals surface area contributed by atoms with E-state index in [0.29, 0.717) is 11.6 Å². The molecule has 0 atom stereocenters. The number of hydrogen-bond donors (Lipinski definition) is 1. The van der Waals surface area contributed by atoms with Crippen molar-refractivity contribution in [2.75, 3.05) is 26.2 Å². The Bertz CT molecular complexity index is 463. The highest BCUT2D eigenvalue weighted by Gasteiger charge is 2.24. The molecule has 0 bridgehead atoms. The van der Waals surface area contributed by atoms with Crippen LogP contribution in [0.25, 0.3) is 0 Å². The first-order valence-electron chi connectivity index (χ1n) is 6.82. The van der Waals surface area contributed by atoms with E-state index in [9.17, 15) is 9.90 Å². The van der Waals surface area contributed by atoms with Crippen LogP contribution in [0.1, 0.15) is 29.8 Å². The van der Waals surface area contributed by atoms with Gasteiger partial charge in [0, 0.05) is 32.2 Å². The first-order chi connectivity index (χ1) is 8.99. The Morgan fingerprint density at radius 2 is 1.84 bits per heavy atom. The topological polar surface area (TPSA) is 43.8 Å². The molecule has 1 saturated heterocycles. The normalized spacial score (nSPS) is 16.9. The van der Waals surface area contributed by atoms with E-state index in [4.69, 9.17) is 0 Å². The van der Waals surface area contributed by atoms with Gasteiger partial charge in [-0.05, 0) is 38.5 Å². The zero-order chi connectivity index (χ0) is 14.0. The summed E-state index contributed by atoms with van der Waals surface area (Å²) in [6.07, 6.45) is 0. The molecule has 1 N–H and O–H groups in total. The van der Waals surface area contributed by atoms with Crippen molar-refractivity contribution in [2.45, 2.75) is 26.8 Å². The van der Waals surface area contributed by atoms with Gasteiger partial charge in [0.15, 0.2) is 0 Å². The predicted molar refractivity (Wildman–Crippen MR) is 75.5 cm³/mol. The molecular weight excluding hydrogens is 240 g/mol. The van der Waals surface area contributed by atoms with Crippen LogP contribution in [-0.4, -0.2) is 53.0 Å². The van der Waals surface area contributed by atoms with E-state index in [1.54, 1.807) is 12.1 Å². The monoisotopic (exact) mass is 262 g/mol. The number of amides is 1. The Morgan fingerprint density at radius 3 is 2.37 bits per heavy atom. The lowest BCUT2D eigenvalue weighted by molar-refractivity contribution is 0.0592. The number of hydrogen-bond acceptors (Lipinski definition) is 3. The third-order valence-corrected chi connectivity index (χ3v) is 3.72. The quantitative estimate of drug-likeness (QED) is 0.885. The van der Waals surface area contributed by atoms with E-state index >= 15 is 0 Å². The minimum atomic E-state index is -0.0686. The average Bonchev–Trinajstić information content (AvgIpc) is 2.38. The van der Waals surface area contributed by atoms with Gasteiger partial charge in [-0.3, -0.25) is 9.69 Å². The summed E-state index contributed by atoms with van der Waals surface area (Å²) in [4.78, 5) is 16.5. The SMILES string of the molecule is Cc1ccc(C(=O)N2CCN(C(C)C)CC2)c(O)c1. The number of phenolic OH excluding ortho intramolecular Hbond substituents is 1. The summed E-state index contributed by atoms with van der Waals surface area (Å²) in [6.45, 7) is 9.49. The summed E-state index contributed by atoms with van der Waals surface area (Å²) in [5, 5.41) is 9.87. The minimum absolute atomic E-state index is 0.0686. The molecule has 1 fully saturated rings. The van der Waals surface area contributed by atoms with Gasteiger partial charge in [0.1, 0.15) is 5.75 Å². The Labute approximate surface area is 114 Å². The third kappa shape index (κ3) is 3.07. The molecule has 0 unspecified atom stereocenters. The van der Waals surface area contributed by atoms with Crippen LogP contribution in [0, 0.1) is 6.92 Å². The number of aromatic hydroxyl groups is 1. The van der Waals surface area contributed by atoms with Crippen molar-refractivity contribution in [2.24, 2.45) is 0 Å². The molecule has 2 rings (SSSR count). The lowest BCUT2D eigenvalue weighted by Gasteiger charge is -2.37. The summed E-state index contributed by atoms with van der Waals surface area (Å²) < 4.78 is 0. The van der Waals surface area contributed by atoms with Crippen LogP contribution in [0.2, 0.25) is 0 Å². The summed E-state index contributed by atoms with van der Waals surface area (Å²) >= 11 is 0. The summed E-state index contributed by atoms with van der Waals surface area (Å²) in [6, 6.07) is 5.72. The second-order valence-electron chi connectivity index (χ2n) is 5.44.